The second-order valence-electron chi connectivity index (χ2n) is 1.97. The van der Waals surface area contributed by atoms with Gasteiger partial charge in [0, 0.05) is 29.6 Å². The van der Waals surface area contributed by atoms with Crippen molar-refractivity contribution in [3.8, 4) is 11.5 Å². The van der Waals surface area contributed by atoms with Gasteiger partial charge in [-0.3, -0.25) is 4.84 Å². The van der Waals surface area contributed by atoms with E-state index in [4.69, 9.17) is 4.74 Å². The SMILES string of the molecule is COc1ccccc1O[N+](=O)[O-].[Na]. The zero-order valence-corrected chi connectivity index (χ0v) is 9.39. The van der Waals surface area contributed by atoms with Crippen LogP contribution in [0.15, 0.2) is 24.3 Å². The summed E-state index contributed by atoms with van der Waals surface area (Å²) in [5, 5.41) is 9.09. The van der Waals surface area contributed by atoms with Crippen LogP contribution in [0.5, 0.6) is 11.5 Å². The van der Waals surface area contributed by atoms with E-state index in [0.29, 0.717) is 5.75 Å². The van der Waals surface area contributed by atoms with Crippen LogP contribution in [-0.2, 0) is 0 Å². The second kappa shape index (κ2) is 5.80. The summed E-state index contributed by atoms with van der Waals surface area (Å²) in [5.41, 5.74) is 0. The van der Waals surface area contributed by atoms with Crippen molar-refractivity contribution in [2.75, 3.05) is 7.11 Å². The molecule has 1 radical (unpaired) electrons. The minimum atomic E-state index is -0.877. The van der Waals surface area contributed by atoms with Gasteiger partial charge in [-0.25, -0.2) is 0 Å². The fraction of sp³-hybridized carbons (Fsp3) is 0.143. The van der Waals surface area contributed by atoms with E-state index < -0.39 is 5.09 Å². The monoisotopic (exact) mass is 192 g/mol. The van der Waals surface area contributed by atoms with Gasteiger partial charge in [-0.2, -0.15) is 0 Å². The normalized spacial score (nSPS) is 8.38. The quantitative estimate of drug-likeness (QED) is 0.405. The van der Waals surface area contributed by atoms with Crippen LogP contribution in [0.4, 0.5) is 0 Å². The first kappa shape index (κ1) is 12.2. The maximum absolute atomic E-state index is 9.96. The molecule has 0 N–H and O–H groups in total. The number of methoxy groups -OCH3 is 1. The molecule has 0 amide bonds. The summed E-state index contributed by atoms with van der Waals surface area (Å²) < 4.78 is 4.82. The maximum atomic E-state index is 9.96. The predicted octanol–water partition coefficient (Wildman–Crippen LogP) is 0.885. The van der Waals surface area contributed by atoms with E-state index in [2.05, 4.69) is 4.84 Å². The molecule has 1 aromatic rings. The molecule has 13 heavy (non-hydrogen) atoms. The van der Waals surface area contributed by atoms with Crippen molar-refractivity contribution in [3.63, 3.8) is 0 Å². The zero-order valence-electron chi connectivity index (χ0n) is 7.39. The molecule has 0 heterocycles. The fourth-order valence-corrected chi connectivity index (χ4v) is 0.775. The number of ether oxygens (including phenoxy) is 1. The number of hydrogen-bond donors (Lipinski definition) is 0. The Morgan fingerprint density at radius 3 is 2.31 bits per heavy atom. The van der Waals surface area contributed by atoms with Crippen LogP contribution < -0.4 is 9.57 Å². The summed E-state index contributed by atoms with van der Waals surface area (Å²) in [4.78, 5) is 14.2. The van der Waals surface area contributed by atoms with Gasteiger partial charge in [0.1, 0.15) is 5.75 Å². The average molecular weight is 192 g/mol. The van der Waals surface area contributed by atoms with Gasteiger partial charge in [0.2, 0.25) is 0 Å². The minimum absolute atomic E-state index is 0. The Morgan fingerprint density at radius 2 is 1.85 bits per heavy atom. The summed E-state index contributed by atoms with van der Waals surface area (Å²) in [6, 6.07) is 6.37. The Bertz CT molecular complexity index is 292. The molecule has 6 heteroatoms. The van der Waals surface area contributed by atoms with Crippen LogP contribution in [0.2, 0.25) is 0 Å². The van der Waals surface area contributed by atoms with Gasteiger partial charge in [0.05, 0.1) is 7.11 Å². The third kappa shape index (κ3) is 3.63. The minimum Gasteiger partial charge on any atom is -0.494 e. The predicted molar refractivity (Wildman–Crippen MR) is 46.4 cm³/mol. The first-order valence-corrected chi connectivity index (χ1v) is 3.19. The van der Waals surface area contributed by atoms with Gasteiger partial charge in [0.25, 0.3) is 5.09 Å². The zero-order chi connectivity index (χ0) is 8.97. The molecule has 0 fully saturated rings. The summed E-state index contributed by atoms with van der Waals surface area (Å²) in [5.74, 6) is 0.444. The fourth-order valence-electron chi connectivity index (χ4n) is 0.775. The molecule has 1 aromatic carbocycles. The van der Waals surface area contributed by atoms with Crippen LogP contribution in [0.25, 0.3) is 0 Å². The Labute approximate surface area is 97.0 Å². The molecule has 0 bridgehead atoms. The average Bonchev–Trinajstić information content (AvgIpc) is 2.04. The first-order chi connectivity index (χ1) is 5.74. The Morgan fingerprint density at radius 1 is 1.31 bits per heavy atom. The first-order valence-electron chi connectivity index (χ1n) is 3.19. The van der Waals surface area contributed by atoms with Crippen molar-refractivity contribution in [2.45, 2.75) is 0 Å². The third-order valence-electron chi connectivity index (χ3n) is 1.24. The Balaban J connectivity index is 0.00000144. The Hall–Kier alpha value is -0.780. The topological polar surface area (TPSA) is 61.6 Å². The van der Waals surface area contributed by atoms with Gasteiger partial charge in [-0.05, 0) is 12.1 Å². The van der Waals surface area contributed by atoms with Crippen molar-refractivity contribution in [3.05, 3.63) is 34.4 Å². The smallest absolute Gasteiger partial charge is 0.299 e. The summed E-state index contributed by atoms with van der Waals surface area (Å²) in [6.07, 6.45) is 0. The molecule has 5 nitrogen and oxygen atoms in total. The Kier molecular flexibility index (Phi) is 5.45. The van der Waals surface area contributed by atoms with Crippen molar-refractivity contribution in [1.29, 1.82) is 0 Å². The van der Waals surface area contributed by atoms with Crippen LogP contribution in [0.3, 0.4) is 0 Å². The molecular weight excluding hydrogens is 185 g/mol. The molecule has 0 aromatic heterocycles. The van der Waals surface area contributed by atoms with Crippen LogP contribution in [0, 0.1) is 10.1 Å². The summed E-state index contributed by atoms with van der Waals surface area (Å²) >= 11 is 0. The maximum Gasteiger partial charge on any atom is 0.299 e. The third-order valence-corrected chi connectivity index (χ3v) is 1.24. The van der Waals surface area contributed by atoms with Crippen LogP contribution in [-0.4, -0.2) is 41.8 Å². The van der Waals surface area contributed by atoms with Crippen LogP contribution in [0.1, 0.15) is 0 Å². The molecule has 0 atom stereocenters. The molecular formula is C7H7NNaO4. The number of nitrogens with zero attached hydrogens (tertiary/aromatic N) is 1. The standard InChI is InChI=1S/C7H7NO4.Na/c1-11-6-4-2-3-5-7(6)12-8(9)10;/h2-5H,1H3;. The van der Waals surface area contributed by atoms with E-state index in [9.17, 15) is 10.1 Å². The number of hydrogen-bond acceptors (Lipinski definition) is 4. The molecule has 0 saturated heterocycles. The van der Waals surface area contributed by atoms with Gasteiger partial charge in [-0.15, -0.1) is 10.1 Å². The van der Waals surface area contributed by atoms with E-state index >= 15 is 0 Å². The number of benzene rings is 1. The second-order valence-corrected chi connectivity index (χ2v) is 1.97. The molecule has 0 aliphatic carbocycles. The molecule has 1 rings (SSSR count). The summed E-state index contributed by atoms with van der Waals surface area (Å²) in [7, 11) is 1.42. The molecule has 0 aliphatic rings. The largest absolute Gasteiger partial charge is 0.494 e. The van der Waals surface area contributed by atoms with Crippen molar-refractivity contribution < 1.29 is 14.7 Å². The van der Waals surface area contributed by atoms with Crippen molar-refractivity contribution in [2.24, 2.45) is 0 Å². The van der Waals surface area contributed by atoms with Gasteiger partial charge in [0.15, 0.2) is 5.75 Å². The van der Waals surface area contributed by atoms with E-state index in [-0.39, 0.29) is 35.3 Å². The molecule has 0 aliphatic heterocycles. The van der Waals surface area contributed by atoms with Crippen molar-refractivity contribution >= 4 is 29.6 Å². The van der Waals surface area contributed by atoms with Crippen LogP contribution >= 0.6 is 0 Å². The molecule has 65 valence electrons. The molecule has 0 saturated carbocycles. The van der Waals surface area contributed by atoms with Gasteiger partial charge in [-0.1, -0.05) is 12.1 Å². The van der Waals surface area contributed by atoms with E-state index in [1.165, 1.54) is 13.2 Å². The number of rotatable bonds is 3. The van der Waals surface area contributed by atoms with Gasteiger partial charge < -0.3 is 4.74 Å². The van der Waals surface area contributed by atoms with E-state index in [0.717, 1.165) is 0 Å². The van der Waals surface area contributed by atoms with E-state index in [1.807, 2.05) is 0 Å². The number of para-hydroxylation sites is 2. The molecule has 0 unspecified atom stereocenters. The summed E-state index contributed by atoms with van der Waals surface area (Å²) in [6.45, 7) is 0. The van der Waals surface area contributed by atoms with Gasteiger partial charge >= 0.3 is 0 Å². The van der Waals surface area contributed by atoms with Crippen molar-refractivity contribution in [1.82, 2.24) is 0 Å². The van der Waals surface area contributed by atoms with E-state index in [1.54, 1.807) is 18.2 Å². The molecule has 0 spiro atoms.